The SMILES string of the molecule is CCn1nccc1CN(C)C(=O)c1cc2ncccn2n1. The number of aryl methyl sites for hydroxylation is 1. The Morgan fingerprint density at radius 3 is 3.00 bits per heavy atom. The van der Waals surface area contributed by atoms with E-state index in [0.717, 1.165) is 12.2 Å². The summed E-state index contributed by atoms with van der Waals surface area (Å²) in [6, 6.07) is 5.38. The van der Waals surface area contributed by atoms with E-state index in [0.29, 0.717) is 17.9 Å². The molecule has 21 heavy (non-hydrogen) atoms. The van der Waals surface area contributed by atoms with E-state index < -0.39 is 0 Å². The summed E-state index contributed by atoms with van der Waals surface area (Å²) < 4.78 is 3.46. The number of amides is 1. The Labute approximate surface area is 121 Å². The normalized spacial score (nSPS) is 11.0. The molecular formula is C14H16N6O. The predicted molar refractivity (Wildman–Crippen MR) is 76.7 cm³/mol. The van der Waals surface area contributed by atoms with Crippen molar-refractivity contribution >= 4 is 11.6 Å². The van der Waals surface area contributed by atoms with E-state index in [1.807, 2.05) is 17.7 Å². The molecule has 0 aliphatic carbocycles. The van der Waals surface area contributed by atoms with Gasteiger partial charge in [-0.3, -0.25) is 9.48 Å². The third kappa shape index (κ3) is 2.49. The fraction of sp³-hybridized carbons (Fsp3) is 0.286. The van der Waals surface area contributed by atoms with Crippen LogP contribution in [0, 0.1) is 0 Å². The molecule has 0 aliphatic heterocycles. The zero-order valence-electron chi connectivity index (χ0n) is 12.0. The molecule has 0 atom stereocenters. The Kier molecular flexibility index (Phi) is 3.39. The molecule has 7 heteroatoms. The van der Waals surface area contributed by atoms with Gasteiger partial charge in [-0.1, -0.05) is 0 Å². The van der Waals surface area contributed by atoms with Crippen molar-refractivity contribution in [3.05, 3.63) is 48.2 Å². The molecule has 0 saturated heterocycles. The van der Waals surface area contributed by atoms with Gasteiger partial charge in [0.2, 0.25) is 0 Å². The molecular weight excluding hydrogens is 268 g/mol. The van der Waals surface area contributed by atoms with Crippen LogP contribution in [0.25, 0.3) is 5.65 Å². The molecule has 1 amide bonds. The number of carbonyl (C=O) groups is 1. The van der Waals surface area contributed by atoms with E-state index >= 15 is 0 Å². The summed E-state index contributed by atoms with van der Waals surface area (Å²) in [4.78, 5) is 18.2. The van der Waals surface area contributed by atoms with Crippen molar-refractivity contribution < 1.29 is 4.79 Å². The lowest BCUT2D eigenvalue weighted by atomic mass is 10.3. The van der Waals surface area contributed by atoms with Crippen LogP contribution in [0.4, 0.5) is 0 Å². The van der Waals surface area contributed by atoms with Gasteiger partial charge in [-0.15, -0.1) is 0 Å². The highest BCUT2D eigenvalue weighted by Gasteiger charge is 2.17. The summed E-state index contributed by atoms with van der Waals surface area (Å²) in [6.07, 6.45) is 5.19. The highest BCUT2D eigenvalue weighted by atomic mass is 16.2. The van der Waals surface area contributed by atoms with Gasteiger partial charge in [-0.05, 0) is 19.1 Å². The first-order valence-corrected chi connectivity index (χ1v) is 6.75. The van der Waals surface area contributed by atoms with Crippen LogP contribution in [0.3, 0.4) is 0 Å². The van der Waals surface area contributed by atoms with Crippen molar-refractivity contribution in [1.82, 2.24) is 29.3 Å². The average molecular weight is 284 g/mol. The fourth-order valence-electron chi connectivity index (χ4n) is 2.22. The molecule has 0 radical (unpaired) electrons. The van der Waals surface area contributed by atoms with Crippen LogP contribution in [-0.4, -0.2) is 42.2 Å². The molecule has 0 aromatic carbocycles. The van der Waals surface area contributed by atoms with Gasteiger partial charge in [-0.25, -0.2) is 9.50 Å². The topological polar surface area (TPSA) is 68.3 Å². The quantitative estimate of drug-likeness (QED) is 0.722. The van der Waals surface area contributed by atoms with Gasteiger partial charge in [0.25, 0.3) is 5.91 Å². The Balaban J connectivity index is 1.80. The van der Waals surface area contributed by atoms with Crippen LogP contribution in [-0.2, 0) is 13.1 Å². The molecule has 0 spiro atoms. The molecule has 3 aromatic rings. The monoisotopic (exact) mass is 284 g/mol. The minimum absolute atomic E-state index is 0.135. The molecule has 0 bridgehead atoms. The maximum Gasteiger partial charge on any atom is 0.274 e. The molecule has 3 rings (SSSR count). The Hall–Kier alpha value is -2.70. The van der Waals surface area contributed by atoms with Crippen molar-refractivity contribution in [2.24, 2.45) is 0 Å². The summed E-state index contributed by atoms with van der Waals surface area (Å²) in [5, 5.41) is 8.45. The molecule has 7 nitrogen and oxygen atoms in total. The molecule has 3 aromatic heterocycles. The van der Waals surface area contributed by atoms with Crippen LogP contribution in [0.2, 0.25) is 0 Å². The van der Waals surface area contributed by atoms with Crippen molar-refractivity contribution in [2.45, 2.75) is 20.0 Å². The minimum atomic E-state index is -0.135. The first-order valence-electron chi connectivity index (χ1n) is 6.75. The maximum absolute atomic E-state index is 12.4. The van der Waals surface area contributed by atoms with Gasteiger partial charge in [0, 0.05) is 38.2 Å². The average Bonchev–Trinajstić information content (AvgIpc) is 3.11. The van der Waals surface area contributed by atoms with Crippen LogP contribution in [0.1, 0.15) is 23.1 Å². The van der Waals surface area contributed by atoms with E-state index in [2.05, 4.69) is 15.2 Å². The highest BCUT2D eigenvalue weighted by molar-refractivity contribution is 5.93. The summed E-state index contributed by atoms with van der Waals surface area (Å²) in [5.74, 6) is -0.135. The Morgan fingerprint density at radius 2 is 2.24 bits per heavy atom. The molecule has 108 valence electrons. The fourth-order valence-corrected chi connectivity index (χ4v) is 2.22. The van der Waals surface area contributed by atoms with Crippen LogP contribution < -0.4 is 0 Å². The van der Waals surface area contributed by atoms with E-state index in [1.165, 1.54) is 0 Å². The van der Waals surface area contributed by atoms with E-state index in [1.54, 1.807) is 47.2 Å². The van der Waals surface area contributed by atoms with Gasteiger partial charge < -0.3 is 4.90 Å². The van der Waals surface area contributed by atoms with E-state index in [4.69, 9.17) is 0 Å². The first kappa shape index (κ1) is 13.3. The third-order valence-electron chi connectivity index (χ3n) is 3.31. The summed E-state index contributed by atoms with van der Waals surface area (Å²) in [7, 11) is 1.76. The van der Waals surface area contributed by atoms with Crippen molar-refractivity contribution in [2.75, 3.05) is 7.05 Å². The minimum Gasteiger partial charge on any atom is -0.334 e. The zero-order valence-corrected chi connectivity index (χ0v) is 12.0. The maximum atomic E-state index is 12.4. The van der Waals surface area contributed by atoms with E-state index in [-0.39, 0.29) is 5.91 Å². The largest absolute Gasteiger partial charge is 0.334 e. The zero-order chi connectivity index (χ0) is 14.8. The third-order valence-corrected chi connectivity index (χ3v) is 3.31. The highest BCUT2D eigenvalue weighted by Crippen LogP contribution is 2.09. The molecule has 0 aliphatic rings. The number of rotatable bonds is 4. The van der Waals surface area contributed by atoms with Crippen LogP contribution in [0.15, 0.2) is 36.8 Å². The summed E-state index contributed by atoms with van der Waals surface area (Å²) in [5.41, 5.74) is 2.04. The van der Waals surface area contributed by atoms with Gasteiger partial charge in [0.15, 0.2) is 11.3 Å². The van der Waals surface area contributed by atoms with Crippen molar-refractivity contribution in [1.29, 1.82) is 0 Å². The molecule has 0 saturated carbocycles. The molecule has 0 N–H and O–H groups in total. The second-order valence-electron chi connectivity index (χ2n) is 4.75. The lowest BCUT2D eigenvalue weighted by Crippen LogP contribution is -2.27. The van der Waals surface area contributed by atoms with Gasteiger partial charge in [-0.2, -0.15) is 10.2 Å². The number of hydrogen-bond donors (Lipinski definition) is 0. The first-order chi connectivity index (χ1) is 10.2. The number of carbonyl (C=O) groups excluding carboxylic acids is 1. The molecule has 0 unspecified atom stereocenters. The standard InChI is InChI=1S/C14H16N6O/c1-3-19-11(5-7-16-19)10-18(2)14(21)12-9-13-15-6-4-8-20(13)17-12/h4-9H,3,10H2,1-2H3. The second kappa shape index (κ2) is 5.35. The predicted octanol–water partition coefficient (Wildman–Crippen LogP) is 1.22. The lowest BCUT2D eigenvalue weighted by Gasteiger charge is -2.16. The summed E-state index contributed by atoms with van der Waals surface area (Å²) in [6.45, 7) is 3.29. The van der Waals surface area contributed by atoms with Gasteiger partial charge in [0.05, 0.1) is 12.2 Å². The smallest absolute Gasteiger partial charge is 0.274 e. The number of aromatic nitrogens is 5. The van der Waals surface area contributed by atoms with Crippen LogP contribution in [0.5, 0.6) is 0 Å². The number of fused-ring (bicyclic) bond motifs is 1. The second-order valence-corrected chi connectivity index (χ2v) is 4.75. The number of nitrogens with zero attached hydrogens (tertiary/aromatic N) is 6. The molecule has 0 fully saturated rings. The summed E-state index contributed by atoms with van der Waals surface area (Å²) >= 11 is 0. The Bertz CT molecular complexity index is 741. The van der Waals surface area contributed by atoms with Crippen LogP contribution >= 0.6 is 0 Å². The van der Waals surface area contributed by atoms with Crippen molar-refractivity contribution in [3.63, 3.8) is 0 Å². The van der Waals surface area contributed by atoms with Gasteiger partial charge >= 0.3 is 0 Å². The van der Waals surface area contributed by atoms with E-state index in [9.17, 15) is 4.79 Å². The lowest BCUT2D eigenvalue weighted by molar-refractivity contribution is 0.0775. The number of hydrogen-bond acceptors (Lipinski definition) is 4. The van der Waals surface area contributed by atoms with Gasteiger partial charge in [0.1, 0.15) is 0 Å². The Morgan fingerprint density at radius 1 is 1.38 bits per heavy atom. The molecule has 3 heterocycles. The van der Waals surface area contributed by atoms with Crippen molar-refractivity contribution in [3.8, 4) is 0 Å².